The second kappa shape index (κ2) is 3.33. The summed E-state index contributed by atoms with van der Waals surface area (Å²) in [5, 5.41) is 3.88. The molecule has 66 valence electrons. The highest BCUT2D eigenvalue weighted by Gasteiger charge is 2.12. The van der Waals surface area contributed by atoms with Crippen LogP contribution in [-0.4, -0.2) is 36.1 Å². The van der Waals surface area contributed by atoms with E-state index in [1.165, 1.54) is 0 Å². The van der Waals surface area contributed by atoms with Crippen molar-refractivity contribution in [2.24, 2.45) is 0 Å². The average molecular weight is 187 g/mol. The Balaban J connectivity index is 2.08. The minimum absolute atomic E-state index is 0.600. The molecule has 1 aliphatic rings. The van der Waals surface area contributed by atoms with Crippen molar-refractivity contribution in [1.29, 1.82) is 0 Å². The molecule has 0 radical (unpaired) electrons. The molecule has 2 N–H and O–H groups in total. The number of aromatic nitrogens is 2. The molecule has 0 aromatic carbocycles. The van der Waals surface area contributed by atoms with Crippen molar-refractivity contribution in [3.05, 3.63) is 11.3 Å². The van der Waals surface area contributed by atoms with Gasteiger partial charge in [0, 0.05) is 26.2 Å². The first kappa shape index (κ1) is 7.89. The molecule has 4 nitrogen and oxygen atoms in total. The molecule has 2 heterocycles. The first-order valence-electron chi connectivity index (χ1n) is 4.02. The van der Waals surface area contributed by atoms with Gasteiger partial charge in [0.2, 0.25) is 5.95 Å². The number of nitrogens with zero attached hydrogens (tertiary/aromatic N) is 2. The zero-order valence-corrected chi connectivity index (χ0v) is 7.43. The van der Waals surface area contributed by atoms with Crippen LogP contribution in [-0.2, 0) is 0 Å². The van der Waals surface area contributed by atoms with Crippen LogP contribution in [0.4, 0.5) is 5.95 Å². The van der Waals surface area contributed by atoms with Gasteiger partial charge in [-0.2, -0.15) is 0 Å². The van der Waals surface area contributed by atoms with E-state index < -0.39 is 0 Å². The van der Waals surface area contributed by atoms with E-state index in [0.717, 1.165) is 32.1 Å². The van der Waals surface area contributed by atoms with E-state index >= 15 is 0 Å². The molecule has 12 heavy (non-hydrogen) atoms. The Bertz CT molecular complexity index is 254. The van der Waals surface area contributed by atoms with Gasteiger partial charge in [0.05, 0.1) is 6.20 Å². The van der Waals surface area contributed by atoms with E-state index in [1.54, 1.807) is 6.20 Å². The zero-order valence-electron chi connectivity index (χ0n) is 6.68. The average Bonchev–Trinajstić information content (AvgIpc) is 2.54. The SMILES string of the molecule is Clc1cnc(N2CCNCC2)[nH]1. The van der Waals surface area contributed by atoms with Gasteiger partial charge in [-0.1, -0.05) is 11.6 Å². The summed E-state index contributed by atoms with van der Waals surface area (Å²) < 4.78 is 0. The number of imidazole rings is 1. The number of piperazine rings is 1. The lowest BCUT2D eigenvalue weighted by molar-refractivity contribution is 0.581. The highest BCUT2D eigenvalue weighted by Crippen LogP contribution is 2.12. The number of hydrogen-bond acceptors (Lipinski definition) is 3. The Labute approximate surface area is 75.9 Å². The number of rotatable bonds is 1. The van der Waals surface area contributed by atoms with E-state index in [0.29, 0.717) is 5.15 Å². The number of halogens is 1. The van der Waals surface area contributed by atoms with Gasteiger partial charge < -0.3 is 15.2 Å². The highest BCUT2D eigenvalue weighted by molar-refractivity contribution is 6.29. The quantitative estimate of drug-likeness (QED) is 0.671. The molecular formula is C7H11ClN4. The third kappa shape index (κ3) is 1.54. The smallest absolute Gasteiger partial charge is 0.204 e. The zero-order chi connectivity index (χ0) is 8.39. The Morgan fingerprint density at radius 2 is 2.17 bits per heavy atom. The summed E-state index contributed by atoms with van der Waals surface area (Å²) in [6.45, 7) is 4.00. The standard InChI is InChI=1S/C7H11ClN4/c8-6-5-10-7(11-6)12-3-1-9-2-4-12/h5,9H,1-4H2,(H,10,11). The molecule has 0 saturated carbocycles. The van der Waals surface area contributed by atoms with Gasteiger partial charge in [-0.3, -0.25) is 0 Å². The second-order valence-corrected chi connectivity index (χ2v) is 3.20. The summed E-state index contributed by atoms with van der Waals surface area (Å²) in [5.41, 5.74) is 0. The molecule has 2 rings (SSSR count). The van der Waals surface area contributed by atoms with E-state index in [9.17, 15) is 0 Å². The fourth-order valence-electron chi connectivity index (χ4n) is 1.33. The minimum Gasteiger partial charge on any atom is -0.340 e. The number of H-pyrrole nitrogens is 1. The third-order valence-corrected chi connectivity index (χ3v) is 2.14. The van der Waals surface area contributed by atoms with Crippen molar-refractivity contribution in [2.75, 3.05) is 31.1 Å². The Kier molecular flexibility index (Phi) is 2.19. The van der Waals surface area contributed by atoms with Gasteiger partial charge in [-0.25, -0.2) is 4.98 Å². The van der Waals surface area contributed by atoms with E-state index in [2.05, 4.69) is 20.2 Å². The van der Waals surface area contributed by atoms with Crippen LogP contribution in [0.25, 0.3) is 0 Å². The van der Waals surface area contributed by atoms with Crippen molar-refractivity contribution in [3.8, 4) is 0 Å². The van der Waals surface area contributed by atoms with Crippen LogP contribution in [0.3, 0.4) is 0 Å². The topological polar surface area (TPSA) is 44.0 Å². The van der Waals surface area contributed by atoms with Crippen LogP contribution in [0.1, 0.15) is 0 Å². The van der Waals surface area contributed by atoms with Gasteiger partial charge in [-0.15, -0.1) is 0 Å². The van der Waals surface area contributed by atoms with Gasteiger partial charge in [0.15, 0.2) is 0 Å². The molecule has 1 saturated heterocycles. The maximum Gasteiger partial charge on any atom is 0.204 e. The maximum atomic E-state index is 5.72. The maximum absolute atomic E-state index is 5.72. The molecule has 1 aromatic rings. The second-order valence-electron chi connectivity index (χ2n) is 2.79. The Hall–Kier alpha value is -0.740. The number of nitrogens with one attached hydrogen (secondary N) is 2. The van der Waals surface area contributed by atoms with E-state index in [-0.39, 0.29) is 0 Å². The Morgan fingerprint density at radius 1 is 1.42 bits per heavy atom. The number of aromatic amines is 1. The fourth-order valence-corrected chi connectivity index (χ4v) is 1.46. The largest absolute Gasteiger partial charge is 0.340 e. The molecular weight excluding hydrogens is 176 g/mol. The fraction of sp³-hybridized carbons (Fsp3) is 0.571. The van der Waals surface area contributed by atoms with Crippen LogP contribution in [0, 0.1) is 0 Å². The summed E-state index contributed by atoms with van der Waals surface area (Å²) in [5.74, 6) is 0.876. The molecule has 1 aliphatic heterocycles. The third-order valence-electron chi connectivity index (χ3n) is 1.95. The van der Waals surface area contributed by atoms with E-state index in [4.69, 9.17) is 11.6 Å². The molecule has 0 unspecified atom stereocenters. The molecule has 1 fully saturated rings. The molecule has 5 heteroatoms. The van der Waals surface area contributed by atoms with Gasteiger partial charge >= 0.3 is 0 Å². The normalized spacial score (nSPS) is 18.2. The van der Waals surface area contributed by atoms with Crippen LogP contribution in [0.5, 0.6) is 0 Å². The van der Waals surface area contributed by atoms with Crippen LogP contribution in [0.2, 0.25) is 5.15 Å². The minimum atomic E-state index is 0.600. The lowest BCUT2D eigenvalue weighted by atomic mass is 10.4. The summed E-state index contributed by atoms with van der Waals surface area (Å²) in [4.78, 5) is 9.33. The Morgan fingerprint density at radius 3 is 2.75 bits per heavy atom. The summed E-state index contributed by atoms with van der Waals surface area (Å²) in [7, 11) is 0. The molecule has 0 amide bonds. The predicted molar refractivity (Wildman–Crippen MR) is 48.7 cm³/mol. The monoisotopic (exact) mass is 186 g/mol. The van der Waals surface area contributed by atoms with Crippen LogP contribution < -0.4 is 10.2 Å². The molecule has 0 atom stereocenters. The van der Waals surface area contributed by atoms with Gasteiger partial charge in [0.1, 0.15) is 5.15 Å². The van der Waals surface area contributed by atoms with Crippen molar-refractivity contribution in [3.63, 3.8) is 0 Å². The van der Waals surface area contributed by atoms with Crippen molar-refractivity contribution in [2.45, 2.75) is 0 Å². The number of anilines is 1. The summed E-state index contributed by atoms with van der Waals surface area (Å²) in [6, 6.07) is 0. The molecule has 0 bridgehead atoms. The van der Waals surface area contributed by atoms with Crippen LogP contribution >= 0.6 is 11.6 Å². The molecule has 0 aliphatic carbocycles. The van der Waals surface area contributed by atoms with E-state index in [1.807, 2.05) is 0 Å². The lowest BCUT2D eigenvalue weighted by Gasteiger charge is -2.26. The van der Waals surface area contributed by atoms with Gasteiger partial charge in [-0.05, 0) is 0 Å². The van der Waals surface area contributed by atoms with Crippen LogP contribution in [0.15, 0.2) is 6.20 Å². The lowest BCUT2D eigenvalue weighted by Crippen LogP contribution is -2.44. The number of hydrogen-bond donors (Lipinski definition) is 2. The molecule has 1 aromatic heterocycles. The summed E-state index contributed by atoms with van der Waals surface area (Å²) >= 11 is 5.72. The van der Waals surface area contributed by atoms with Crippen molar-refractivity contribution in [1.82, 2.24) is 15.3 Å². The van der Waals surface area contributed by atoms with Gasteiger partial charge in [0.25, 0.3) is 0 Å². The first-order chi connectivity index (χ1) is 5.86. The van der Waals surface area contributed by atoms with Crippen molar-refractivity contribution < 1.29 is 0 Å². The molecule has 0 spiro atoms. The predicted octanol–water partition coefficient (Wildman–Crippen LogP) is 0.473. The first-order valence-corrected chi connectivity index (χ1v) is 4.40. The summed E-state index contributed by atoms with van der Waals surface area (Å²) in [6.07, 6.45) is 1.64. The highest BCUT2D eigenvalue weighted by atomic mass is 35.5. The van der Waals surface area contributed by atoms with Crippen molar-refractivity contribution >= 4 is 17.5 Å².